The first-order valence-electron chi connectivity index (χ1n) is 4.38. The standard InChI is InChI=1S/C8H15N3O/c1-2-3-4-7-10-11-8(12-7)5-6-9/h2-6,9H2,1H3. The zero-order valence-electron chi connectivity index (χ0n) is 7.42. The third-order valence-corrected chi connectivity index (χ3v) is 1.61. The van der Waals surface area contributed by atoms with E-state index in [2.05, 4.69) is 17.1 Å². The smallest absolute Gasteiger partial charge is 0.217 e. The largest absolute Gasteiger partial charge is 0.425 e. The summed E-state index contributed by atoms with van der Waals surface area (Å²) >= 11 is 0. The molecule has 4 nitrogen and oxygen atoms in total. The molecule has 0 fully saturated rings. The number of nitrogens with two attached hydrogens (primary N) is 1. The molecule has 0 aliphatic rings. The van der Waals surface area contributed by atoms with Crippen LogP contribution in [-0.4, -0.2) is 16.7 Å². The summed E-state index contributed by atoms with van der Waals surface area (Å²) in [7, 11) is 0. The molecule has 0 aliphatic carbocycles. The Bertz CT molecular complexity index is 222. The Morgan fingerprint density at radius 3 is 2.50 bits per heavy atom. The number of rotatable bonds is 5. The van der Waals surface area contributed by atoms with Crippen molar-refractivity contribution in [2.45, 2.75) is 32.6 Å². The number of hydrogen-bond acceptors (Lipinski definition) is 4. The molecule has 2 N–H and O–H groups in total. The Labute approximate surface area is 72.2 Å². The Kier molecular flexibility index (Phi) is 3.73. The molecule has 1 aromatic heterocycles. The van der Waals surface area contributed by atoms with Gasteiger partial charge in [0.15, 0.2) is 0 Å². The van der Waals surface area contributed by atoms with Crippen LogP contribution in [0.25, 0.3) is 0 Å². The fourth-order valence-electron chi connectivity index (χ4n) is 0.942. The van der Waals surface area contributed by atoms with Gasteiger partial charge in [0, 0.05) is 19.4 Å². The van der Waals surface area contributed by atoms with Gasteiger partial charge in [0.1, 0.15) is 0 Å². The minimum atomic E-state index is 0.565. The van der Waals surface area contributed by atoms with E-state index in [1.54, 1.807) is 0 Å². The number of aryl methyl sites for hydroxylation is 1. The normalized spacial score (nSPS) is 10.5. The van der Waals surface area contributed by atoms with Gasteiger partial charge in [-0.05, 0) is 6.42 Å². The van der Waals surface area contributed by atoms with Gasteiger partial charge < -0.3 is 10.2 Å². The highest BCUT2D eigenvalue weighted by Gasteiger charge is 2.03. The summed E-state index contributed by atoms with van der Waals surface area (Å²) < 4.78 is 5.32. The van der Waals surface area contributed by atoms with Crippen LogP contribution in [0.5, 0.6) is 0 Å². The van der Waals surface area contributed by atoms with Crippen LogP contribution in [0.15, 0.2) is 4.42 Å². The quantitative estimate of drug-likeness (QED) is 0.711. The van der Waals surface area contributed by atoms with Gasteiger partial charge in [-0.3, -0.25) is 0 Å². The molecule has 1 aromatic rings. The number of aromatic nitrogens is 2. The van der Waals surface area contributed by atoms with Gasteiger partial charge in [-0.1, -0.05) is 13.3 Å². The fraction of sp³-hybridized carbons (Fsp3) is 0.750. The van der Waals surface area contributed by atoms with Crippen molar-refractivity contribution in [2.24, 2.45) is 5.73 Å². The second kappa shape index (κ2) is 4.87. The lowest BCUT2D eigenvalue weighted by atomic mass is 10.2. The summed E-state index contributed by atoms with van der Waals surface area (Å²) in [6, 6.07) is 0. The first-order chi connectivity index (χ1) is 5.86. The first kappa shape index (κ1) is 9.19. The number of nitrogens with zero attached hydrogens (tertiary/aromatic N) is 2. The van der Waals surface area contributed by atoms with Crippen LogP contribution in [0.2, 0.25) is 0 Å². The van der Waals surface area contributed by atoms with Gasteiger partial charge in [-0.25, -0.2) is 0 Å². The average molecular weight is 169 g/mol. The number of unbranched alkanes of at least 4 members (excludes halogenated alkanes) is 1. The molecular formula is C8H15N3O. The molecule has 4 heteroatoms. The zero-order chi connectivity index (χ0) is 8.81. The van der Waals surface area contributed by atoms with E-state index in [9.17, 15) is 0 Å². The summed E-state index contributed by atoms with van der Waals surface area (Å²) in [5.74, 6) is 1.39. The monoisotopic (exact) mass is 169 g/mol. The van der Waals surface area contributed by atoms with E-state index in [1.165, 1.54) is 0 Å². The second-order valence-corrected chi connectivity index (χ2v) is 2.73. The summed E-state index contributed by atoms with van der Waals surface area (Å²) in [6.45, 7) is 2.70. The van der Waals surface area contributed by atoms with Crippen molar-refractivity contribution in [3.05, 3.63) is 11.8 Å². The van der Waals surface area contributed by atoms with E-state index in [0.717, 1.165) is 25.2 Å². The number of hydrogen-bond donors (Lipinski definition) is 1. The molecule has 0 aromatic carbocycles. The van der Waals surface area contributed by atoms with Crippen molar-refractivity contribution in [2.75, 3.05) is 6.54 Å². The van der Waals surface area contributed by atoms with Crippen LogP contribution in [-0.2, 0) is 12.8 Å². The lowest BCUT2D eigenvalue weighted by Gasteiger charge is -1.90. The molecule has 0 atom stereocenters. The molecule has 0 radical (unpaired) electrons. The topological polar surface area (TPSA) is 64.9 Å². The van der Waals surface area contributed by atoms with E-state index in [1.807, 2.05) is 0 Å². The van der Waals surface area contributed by atoms with E-state index in [0.29, 0.717) is 18.9 Å². The minimum absolute atomic E-state index is 0.565. The molecule has 0 aliphatic heterocycles. The molecule has 1 rings (SSSR count). The van der Waals surface area contributed by atoms with Crippen LogP contribution >= 0.6 is 0 Å². The van der Waals surface area contributed by atoms with Crippen LogP contribution in [0.4, 0.5) is 0 Å². The zero-order valence-corrected chi connectivity index (χ0v) is 7.42. The predicted octanol–water partition coefficient (Wildman–Crippen LogP) is 0.913. The van der Waals surface area contributed by atoms with E-state index >= 15 is 0 Å². The van der Waals surface area contributed by atoms with Crippen LogP contribution in [0.1, 0.15) is 31.5 Å². The van der Waals surface area contributed by atoms with Crippen LogP contribution in [0.3, 0.4) is 0 Å². The molecule has 1 heterocycles. The van der Waals surface area contributed by atoms with Crippen LogP contribution in [0, 0.1) is 0 Å². The highest BCUT2D eigenvalue weighted by atomic mass is 16.4. The van der Waals surface area contributed by atoms with Crippen molar-refractivity contribution < 1.29 is 4.42 Å². The highest BCUT2D eigenvalue weighted by molar-refractivity contribution is 4.82. The van der Waals surface area contributed by atoms with Gasteiger partial charge >= 0.3 is 0 Å². The summed E-state index contributed by atoms with van der Waals surface area (Å²) in [4.78, 5) is 0. The molecule has 68 valence electrons. The maximum Gasteiger partial charge on any atom is 0.217 e. The Morgan fingerprint density at radius 2 is 1.92 bits per heavy atom. The maximum atomic E-state index is 5.34. The Morgan fingerprint density at radius 1 is 1.25 bits per heavy atom. The van der Waals surface area contributed by atoms with Gasteiger partial charge in [0.25, 0.3) is 0 Å². The minimum Gasteiger partial charge on any atom is -0.425 e. The molecule has 0 saturated carbocycles. The van der Waals surface area contributed by atoms with E-state index in [4.69, 9.17) is 10.2 Å². The Hall–Kier alpha value is -0.900. The van der Waals surface area contributed by atoms with Crippen molar-refractivity contribution in [3.63, 3.8) is 0 Å². The lowest BCUT2D eigenvalue weighted by molar-refractivity contribution is 0.444. The van der Waals surface area contributed by atoms with E-state index < -0.39 is 0 Å². The SMILES string of the molecule is CCCCc1nnc(CCN)o1. The van der Waals surface area contributed by atoms with Gasteiger partial charge in [-0.15, -0.1) is 10.2 Å². The van der Waals surface area contributed by atoms with Gasteiger partial charge in [0.2, 0.25) is 11.8 Å². The van der Waals surface area contributed by atoms with E-state index in [-0.39, 0.29) is 0 Å². The first-order valence-corrected chi connectivity index (χ1v) is 4.38. The predicted molar refractivity (Wildman–Crippen MR) is 45.7 cm³/mol. The van der Waals surface area contributed by atoms with Gasteiger partial charge in [0.05, 0.1) is 0 Å². The van der Waals surface area contributed by atoms with Crippen molar-refractivity contribution in [1.82, 2.24) is 10.2 Å². The summed E-state index contributed by atoms with van der Waals surface area (Å²) in [5, 5.41) is 7.76. The molecular weight excluding hydrogens is 154 g/mol. The summed E-state index contributed by atoms with van der Waals surface area (Å²) in [5.41, 5.74) is 5.34. The molecule has 0 spiro atoms. The average Bonchev–Trinajstić information content (AvgIpc) is 2.50. The molecule has 12 heavy (non-hydrogen) atoms. The molecule has 0 bridgehead atoms. The van der Waals surface area contributed by atoms with Gasteiger partial charge in [-0.2, -0.15) is 0 Å². The molecule has 0 saturated heterocycles. The second-order valence-electron chi connectivity index (χ2n) is 2.73. The molecule has 0 unspecified atom stereocenters. The van der Waals surface area contributed by atoms with Crippen LogP contribution < -0.4 is 5.73 Å². The third kappa shape index (κ3) is 2.62. The molecule has 0 amide bonds. The fourth-order valence-corrected chi connectivity index (χ4v) is 0.942. The maximum absolute atomic E-state index is 5.34. The van der Waals surface area contributed by atoms with Crippen molar-refractivity contribution in [3.8, 4) is 0 Å². The Balaban J connectivity index is 2.41. The third-order valence-electron chi connectivity index (χ3n) is 1.61. The van der Waals surface area contributed by atoms with Crippen molar-refractivity contribution in [1.29, 1.82) is 0 Å². The van der Waals surface area contributed by atoms with Crippen molar-refractivity contribution >= 4 is 0 Å². The lowest BCUT2D eigenvalue weighted by Crippen LogP contribution is -2.02. The highest BCUT2D eigenvalue weighted by Crippen LogP contribution is 2.03. The summed E-state index contributed by atoms with van der Waals surface area (Å²) in [6.07, 6.45) is 3.81.